The third kappa shape index (κ3) is 6.26. The van der Waals surface area contributed by atoms with Crippen molar-refractivity contribution in [2.75, 3.05) is 24.6 Å². The number of hydrogen-bond donors (Lipinski definition) is 2. The molecule has 2 heterocycles. The van der Waals surface area contributed by atoms with Crippen LogP contribution in [0.2, 0.25) is 0 Å². The van der Waals surface area contributed by atoms with Crippen LogP contribution in [0.4, 0.5) is 19.0 Å². The van der Waals surface area contributed by atoms with Gasteiger partial charge in [0.1, 0.15) is 11.6 Å². The predicted octanol–water partition coefficient (Wildman–Crippen LogP) is 4.30. The molecule has 2 N–H and O–H groups in total. The molecule has 36 heavy (non-hydrogen) atoms. The zero-order chi connectivity index (χ0) is 25.7. The highest BCUT2D eigenvalue weighted by Gasteiger charge is 2.34. The normalized spacial score (nSPS) is 21.0. The molecule has 0 atom stereocenters. The molecule has 10 heteroatoms. The molecule has 1 amide bonds. The summed E-state index contributed by atoms with van der Waals surface area (Å²) in [4.78, 5) is 19.3. The van der Waals surface area contributed by atoms with Gasteiger partial charge in [-0.25, -0.2) is 4.98 Å². The van der Waals surface area contributed by atoms with Crippen molar-refractivity contribution >= 4 is 11.7 Å². The fourth-order valence-corrected chi connectivity index (χ4v) is 4.77. The number of piperidine rings is 1. The van der Waals surface area contributed by atoms with Crippen molar-refractivity contribution in [3.05, 3.63) is 53.2 Å². The number of rotatable bonds is 6. The van der Waals surface area contributed by atoms with E-state index in [1.54, 1.807) is 18.3 Å². The molecule has 7 nitrogen and oxygen atoms in total. The van der Waals surface area contributed by atoms with Gasteiger partial charge in [0.15, 0.2) is 0 Å². The van der Waals surface area contributed by atoms with E-state index in [2.05, 4.69) is 15.2 Å². The molecule has 0 radical (unpaired) electrons. The molecule has 2 aliphatic rings. The Morgan fingerprint density at radius 3 is 2.44 bits per heavy atom. The van der Waals surface area contributed by atoms with E-state index in [4.69, 9.17) is 10.00 Å². The van der Waals surface area contributed by atoms with Crippen LogP contribution in [-0.2, 0) is 6.18 Å². The third-order valence-corrected chi connectivity index (χ3v) is 6.94. The Hall–Kier alpha value is -3.32. The number of pyridine rings is 1. The van der Waals surface area contributed by atoms with Gasteiger partial charge < -0.3 is 20.1 Å². The van der Waals surface area contributed by atoms with Gasteiger partial charge in [-0.05, 0) is 74.8 Å². The summed E-state index contributed by atoms with van der Waals surface area (Å²) in [5.74, 6) is 1.03. The van der Waals surface area contributed by atoms with Gasteiger partial charge in [-0.2, -0.15) is 18.4 Å². The number of anilines is 1. The van der Waals surface area contributed by atoms with Crippen LogP contribution in [0.5, 0.6) is 5.75 Å². The third-order valence-electron chi connectivity index (χ3n) is 6.94. The second-order valence-electron chi connectivity index (χ2n) is 9.40. The van der Waals surface area contributed by atoms with E-state index in [1.807, 2.05) is 6.07 Å². The number of aromatic nitrogens is 1. The molecule has 1 saturated carbocycles. The molecular weight excluding hydrogens is 473 g/mol. The Balaban J connectivity index is 1.26. The zero-order valence-corrected chi connectivity index (χ0v) is 19.8. The fourth-order valence-electron chi connectivity index (χ4n) is 4.77. The molecule has 2 fully saturated rings. The topological polar surface area (TPSA) is 98.5 Å². The number of benzene rings is 1. The minimum absolute atomic E-state index is 0.0544. The highest BCUT2D eigenvalue weighted by atomic mass is 19.4. The second kappa shape index (κ2) is 11.2. The van der Waals surface area contributed by atoms with Crippen LogP contribution in [0.15, 0.2) is 36.5 Å². The van der Waals surface area contributed by atoms with Gasteiger partial charge in [0.05, 0.1) is 28.9 Å². The number of aliphatic hydroxyl groups excluding tert-OH is 1. The Bertz CT molecular complexity index is 1090. The first-order valence-electron chi connectivity index (χ1n) is 12.2. The van der Waals surface area contributed by atoms with Crippen LogP contribution >= 0.6 is 0 Å². The van der Waals surface area contributed by atoms with Crippen molar-refractivity contribution in [1.29, 1.82) is 5.26 Å². The van der Waals surface area contributed by atoms with Crippen LogP contribution in [0.1, 0.15) is 60.0 Å². The van der Waals surface area contributed by atoms with E-state index in [1.165, 1.54) is 6.07 Å². The Kier molecular flexibility index (Phi) is 7.99. The Morgan fingerprint density at radius 1 is 1.14 bits per heavy atom. The standard InChI is InChI=1S/C26H29F3N4O3/c27-26(28,29)23-13-22(5-1-18(23)14-30)36-21-6-3-20(4-7-21)32-25(35)19-2-8-24(31-15-19)33-11-9-17(16-34)10-12-33/h1-2,5,8,13,15,17,20-21,34H,3-4,6-7,9-12,16H2,(H,32,35)/t20-,21-. The van der Waals surface area contributed by atoms with E-state index < -0.39 is 17.3 Å². The molecule has 1 aromatic carbocycles. The number of carbonyl (C=O) groups excluding carboxylic acids is 1. The van der Waals surface area contributed by atoms with Crippen molar-refractivity contribution in [2.45, 2.75) is 56.8 Å². The minimum Gasteiger partial charge on any atom is -0.490 e. The molecule has 1 aliphatic carbocycles. The number of carbonyl (C=O) groups is 1. The maximum Gasteiger partial charge on any atom is 0.417 e. The lowest BCUT2D eigenvalue weighted by atomic mass is 9.92. The number of aliphatic hydroxyl groups is 1. The molecule has 0 spiro atoms. The first-order valence-corrected chi connectivity index (χ1v) is 12.2. The smallest absolute Gasteiger partial charge is 0.417 e. The molecule has 1 saturated heterocycles. The summed E-state index contributed by atoms with van der Waals surface area (Å²) in [6.07, 6.45) is 0.984. The molecular formula is C26H29F3N4O3. The lowest BCUT2D eigenvalue weighted by Crippen LogP contribution is -2.39. The maximum absolute atomic E-state index is 13.2. The number of hydrogen-bond acceptors (Lipinski definition) is 6. The number of amides is 1. The van der Waals surface area contributed by atoms with Crippen LogP contribution in [-0.4, -0.2) is 47.8 Å². The number of nitrogens with zero attached hydrogens (tertiary/aromatic N) is 3. The van der Waals surface area contributed by atoms with Crippen molar-refractivity contribution in [1.82, 2.24) is 10.3 Å². The zero-order valence-electron chi connectivity index (χ0n) is 19.8. The second-order valence-corrected chi connectivity index (χ2v) is 9.40. The molecule has 4 rings (SSSR count). The van der Waals surface area contributed by atoms with Crippen LogP contribution < -0.4 is 15.0 Å². The average molecular weight is 503 g/mol. The van der Waals surface area contributed by atoms with E-state index in [0.29, 0.717) is 37.2 Å². The highest BCUT2D eigenvalue weighted by molar-refractivity contribution is 5.94. The summed E-state index contributed by atoms with van der Waals surface area (Å²) in [6.45, 7) is 1.87. The average Bonchev–Trinajstić information content (AvgIpc) is 2.89. The quantitative estimate of drug-likeness (QED) is 0.611. The first-order chi connectivity index (χ1) is 17.3. The van der Waals surface area contributed by atoms with Crippen LogP contribution in [0.25, 0.3) is 0 Å². The molecule has 1 aromatic heterocycles. The SMILES string of the molecule is N#Cc1ccc(O[C@H]2CC[C@H](NC(=O)c3ccc(N4CCC(CO)CC4)nc3)CC2)cc1C(F)(F)F. The lowest BCUT2D eigenvalue weighted by Gasteiger charge is -2.32. The van der Waals surface area contributed by atoms with E-state index >= 15 is 0 Å². The predicted molar refractivity (Wildman–Crippen MR) is 127 cm³/mol. The lowest BCUT2D eigenvalue weighted by molar-refractivity contribution is -0.137. The van der Waals surface area contributed by atoms with Crippen LogP contribution in [0.3, 0.4) is 0 Å². The Morgan fingerprint density at radius 2 is 1.86 bits per heavy atom. The summed E-state index contributed by atoms with van der Waals surface area (Å²) in [5.41, 5.74) is -0.965. The van der Waals surface area contributed by atoms with Crippen LogP contribution in [0, 0.1) is 17.2 Å². The first kappa shape index (κ1) is 25.8. The number of nitrogens with one attached hydrogen (secondary N) is 1. The van der Waals surface area contributed by atoms with Gasteiger partial charge in [-0.1, -0.05) is 0 Å². The molecule has 0 unspecified atom stereocenters. The summed E-state index contributed by atoms with van der Waals surface area (Å²) in [7, 11) is 0. The summed E-state index contributed by atoms with van der Waals surface area (Å²) in [6, 6.07) is 8.49. The van der Waals surface area contributed by atoms with E-state index in [9.17, 15) is 23.1 Å². The van der Waals surface area contributed by atoms with Gasteiger partial charge in [-0.15, -0.1) is 0 Å². The van der Waals surface area contributed by atoms with Gasteiger partial charge >= 0.3 is 6.18 Å². The maximum atomic E-state index is 13.2. The van der Waals surface area contributed by atoms with Crippen molar-refractivity contribution in [3.63, 3.8) is 0 Å². The largest absolute Gasteiger partial charge is 0.490 e. The number of halogens is 3. The number of ether oxygens (including phenoxy) is 1. The van der Waals surface area contributed by atoms with E-state index in [0.717, 1.165) is 43.9 Å². The molecule has 0 bridgehead atoms. The van der Waals surface area contributed by atoms with Crippen molar-refractivity contribution in [3.8, 4) is 11.8 Å². The van der Waals surface area contributed by atoms with Gasteiger partial charge in [0, 0.05) is 31.9 Å². The molecule has 2 aromatic rings. The Labute approximate surface area is 207 Å². The number of alkyl halides is 3. The molecule has 1 aliphatic heterocycles. The van der Waals surface area contributed by atoms with Crippen molar-refractivity contribution in [2.24, 2.45) is 5.92 Å². The summed E-state index contributed by atoms with van der Waals surface area (Å²) >= 11 is 0. The van der Waals surface area contributed by atoms with Crippen molar-refractivity contribution < 1.29 is 27.8 Å². The minimum atomic E-state index is -4.63. The monoisotopic (exact) mass is 502 g/mol. The van der Waals surface area contributed by atoms with Gasteiger partial charge in [0.2, 0.25) is 0 Å². The highest BCUT2D eigenvalue weighted by Crippen LogP contribution is 2.35. The summed E-state index contributed by atoms with van der Waals surface area (Å²) in [5, 5.41) is 21.2. The summed E-state index contributed by atoms with van der Waals surface area (Å²) < 4.78 is 45.3. The molecule has 192 valence electrons. The van der Waals surface area contributed by atoms with Gasteiger partial charge in [-0.3, -0.25) is 4.79 Å². The fraction of sp³-hybridized carbons (Fsp3) is 0.500. The van der Waals surface area contributed by atoms with Gasteiger partial charge in [0.25, 0.3) is 5.91 Å². The number of nitriles is 1. The van der Waals surface area contributed by atoms with E-state index in [-0.39, 0.29) is 30.4 Å².